The second-order valence-electron chi connectivity index (χ2n) is 5.27. The molecular weight excluding hydrogens is 250 g/mol. The maximum absolute atomic E-state index is 5.70. The highest BCUT2D eigenvalue weighted by molar-refractivity contribution is 5.37. The predicted molar refractivity (Wildman–Crippen MR) is 79.1 cm³/mol. The van der Waals surface area contributed by atoms with Gasteiger partial charge in [0.25, 0.3) is 0 Å². The molecule has 0 radical (unpaired) electrons. The van der Waals surface area contributed by atoms with Crippen LogP contribution in [0.2, 0.25) is 0 Å². The van der Waals surface area contributed by atoms with Crippen molar-refractivity contribution in [3.8, 4) is 5.75 Å². The average Bonchev–Trinajstić information content (AvgIpc) is 2.89. The predicted octanol–water partition coefficient (Wildman–Crippen LogP) is 2.12. The number of para-hydroxylation sites is 1. The summed E-state index contributed by atoms with van der Waals surface area (Å²) in [7, 11) is 1.99. The fraction of sp³-hybridized carbons (Fsp3) is 0.438. The van der Waals surface area contributed by atoms with Gasteiger partial charge in [0.05, 0.1) is 6.61 Å². The van der Waals surface area contributed by atoms with Crippen molar-refractivity contribution in [3.05, 3.63) is 47.8 Å². The molecule has 1 aliphatic rings. The summed E-state index contributed by atoms with van der Waals surface area (Å²) in [5.74, 6) is 1.61. The van der Waals surface area contributed by atoms with E-state index in [0.29, 0.717) is 5.92 Å². The van der Waals surface area contributed by atoms with Crippen LogP contribution in [0.4, 0.5) is 0 Å². The maximum Gasteiger partial charge on any atom is 0.122 e. The van der Waals surface area contributed by atoms with Gasteiger partial charge in [0.15, 0.2) is 0 Å². The van der Waals surface area contributed by atoms with Gasteiger partial charge < -0.3 is 10.1 Å². The third kappa shape index (κ3) is 2.85. The van der Waals surface area contributed by atoms with Crippen LogP contribution in [0, 0.1) is 0 Å². The molecule has 2 aromatic rings. The van der Waals surface area contributed by atoms with Gasteiger partial charge in [-0.15, -0.1) is 0 Å². The number of benzene rings is 1. The number of fused-ring (bicyclic) bond motifs is 1. The zero-order chi connectivity index (χ0) is 13.8. The summed E-state index contributed by atoms with van der Waals surface area (Å²) in [6.45, 7) is 2.82. The van der Waals surface area contributed by atoms with E-state index < -0.39 is 0 Å². The SMILES string of the molecule is Cn1nccc1CCNCC1CCOc2ccccc21. The molecule has 0 fully saturated rings. The minimum Gasteiger partial charge on any atom is -0.493 e. The molecule has 0 saturated carbocycles. The summed E-state index contributed by atoms with van der Waals surface area (Å²) in [5.41, 5.74) is 2.61. The lowest BCUT2D eigenvalue weighted by molar-refractivity contribution is 0.265. The first-order valence-corrected chi connectivity index (χ1v) is 7.24. The van der Waals surface area contributed by atoms with Crippen molar-refractivity contribution in [3.63, 3.8) is 0 Å². The monoisotopic (exact) mass is 271 g/mol. The molecule has 106 valence electrons. The topological polar surface area (TPSA) is 39.1 Å². The molecule has 1 N–H and O–H groups in total. The van der Waals surface area contributed by atoms with Crippen molar-refractivity contribution in [2.75, 3.05) is 19.7 Å². The van der Waals surface area contributed by atoms with Gasteiger partial charge in [-0.05, 0) is 24.1 Å². The molecule has 20 heavy (non-hydrogen) atoms. The highest BCUT2D eigenvalue weighted by Gasteiger charge is 2.20. The Morgan fingerprint density at radius 3 is 3.10 bits per heavy atom. The summed E-state index contributed by atoms with van der Waals surface area (Å²) < 4.78 is 7.63. The van der Waals surface area contributed by atoms with E-state index >= 15 is 0 Å². The molecule has 3 rings (SSSR count). The van der Waals surface area contributed by atoms with Crippen molar-refractivity contribution in [2.24, 2.45) is 7.05 Å². The summed E-state index contributed by atoms with van der Waals surface area (Å²) in [6, 6.07) is 10.5. The number of aryl methyl sites for hydroxylation is 1. The Balaban J connectivity index is 1.51. The molecule has 0 saturated heterocycles. The third-order valence-corrected chi connectivity index (χ3v) is 3.95. The Labute approximate surface area is 119 Å². The number of aromatic nitrogens is 2. The smallest absolute Gasteiger partial charge is 0.122 e. The van der Waals surface area contributed by atoms with E-state index in [0.717, 1.165) is 38.3 Å². The van der Waals surface area contributed by atoms with Crippen LogP contribution in [0.3, 0.4) is 0 Å². The molecule has 1 aromatic heterocycles. The van der Waals surface area contributed by atoms with Gasteiger partial charge in [0, 0.05) is 44.4 Å². The molecule has 4 heteroatoms. The number of rotatable bonds is 5. The zero-order valence-corrected chi connectivity index (χ0v) is 11.9. The van der Waals surface area contributed by atoms with E-state index in [9.17, 15) is 0 Å². The molecule has 4 nitrogen and oxygen atoms in total. The summed E-state index contributed by atoms with van der Waals surface area (Å²) in [5, 5.41) is 7.75. The van der Waals surface area contributed by atoms with Gasteiger partial charge in [-0.2, -0.15) is 5.10 Å². The van der Waals surface area contributed by atoms with Crippen molar-refractivity contribution < 1.29 is 4.74 Å². The Kier molecular flexibility index (Phi) is 4.02. The van der Waals surface area contributed by atoms with E-state index in [2.05, 4.69) is 34.7 Å². The molecule has 1 aliphatic heterocycles. The van der Waals surface area contributed by atoms with E-state index in [1.54, 1.807) is 0 Å². The minimum atomic E-state index is 0.562. The van der Waals surface area contributed by atoms with E-state index in [-0.39, 0.29) is 0 Å². The van der Waals surface area contributed by atoms with Crippen molar-refractivity contribution in [1.29, 1.82) is 0 Å². The summed E-state index contributed by atoms with van der Waals surface area (Å²) in [4.78, 5) is 0. The first-order chi connectivity index (χ1) is 9.84. The van der Waals surface area contributed by atoms with Gasteiger partial charge in [0.2, 0.25) is 0 Å². The van der Waals surface area contributed by atoms with Gasteiger partial charge in [-0.3, -0.25) is 4.68 Å². The first-order valence-electron chi connectivity index (χ1n) is 7.24. The van der Waals surface area contributed by atoms with Crippen LogP contribution < -0.4 is 10.1 Å². The van der Waals surface area contributed by atoms with Crippen molar-refractivity contribution >= 4 is 0 Å². The number of ether oxygens (including phenoxy) is 1. The second-order valence-corrected chi connectivity index (χ2v) is 5.27. The number of nitrogens with zero attached hydrogens (tertiary/aromatic N) is 2. The highest BCUT2D eigenvalue weighted by atomic mass is 16.5. The molecule has 0 bridgehead atoms. The molecule has 0 spiro atoms. The third-order valence-electron chi connectivity index (χ3n) is 3.95. The van der Waals surface area contributed by atoms with Crippen LogP contribution in [-0.2, 0) is 13.5 Å². The lowest BCUT2D eigenvalue weighted by Gasteiger charge is -2.26. The summed E-state index contributed by atoms with van der Waals surface area (Å²) in [6.07, 6.45) is 3.96. The Hall–Kier alpha value is -1.81. The molecule has 0 amide bonds. The number of nitrogens with one attached hydrogen (secondary N) is 1. The fourth-order valence-corrected chi connectivity index (χ4v) is 2.77. The average molecular weight is 271 g/mol. The first kappa shape index (κ1) is 13.2. The molecular formula is C16H21N3O. The van der Waals surface area contributed by atoms with Gasteiger partial charge in [0.1, 0.15) is 5.75 Å². The molecule has 1 atom stereocenters. The zero-order valence-electron chi connectivity index (χ0n) is 11.9. The maximum atomic E-state index is 5.70. The van der Waals surface area contributed by atoms with Crippen LogP contribution in [-0.4, -0.2) is 29.5 Å². The van der Waals surface area contributed by atoms with E-state index in [4.69, 9.17) is 4.74 Å². The van der Waals surface area contributed by atoms with Crippen LogP contribution >= 0.6 is 0 Å². The Morgan fingerprint density at radius 1 is 1.35 bits per heavy atom. The molecule has 1 aromatic carbocycles. The Morgan fingerprint density at radius 2 is 2.25 bits per heavy atom. The van der Waals surface area contributed by atoms with E-state index in [1.165, 1.54) is 11.3 Å². The molecule has 2 heterocycles. The highest BCUT2D eigenvalue weighted by Crippen LogP contribution is 2.32. The standard InChI is InChI=1S/C16H21N3O/c1-19-14(7-10-18-19)6-9-17-12-13-8-11-20-16-5-3-2-4-15(13)16/h2-5,7,10,13,17H,6,8-9,11-12H2,1H3. The lowest BCUT2D eigenvalue weighted by atomic mass is 9.93. The normalized spacial score (nSPS) is 17.6. The van der Waals surface area contributed by atoms with E-state index in [1.807, 2.05) is 24.0 Å². The Bertz CT molecular complexity index is 564. The fourth-order valence-electron chi connectivity index (χ4n) is 2.77. The van der Waals surface area contributed by atoms with Crippen LogP contribution in [0.1, 0.15) is 23.6 Å². The summed E-state index contributed by atoms with van der Waals surface area (Å²) >= 11 is 0. The number of hydrogen-bond donors (Lipinski definition) is 1. The van der Waals surface area contributed by atoms with Gasteiger partial charge in [-0.1, -0.05) is 18.2 Å². The van der Waals surface area contributed by atoms with Gasteiger partial charge in [-0.25, -0.2) is 0 Å². The lowest BCUT2D eigenvalue weighted by Crippen LogP contribution is -2.27. The largest absolute Gasteiger partial charge is 0.493 e. The van der Waals surface area contributed by atoms with Gasteiger partial charge >= 0.3 is 0 Å². The second kappa shape index (κ2) is 6.09. The molecule has 1 unspecified atom stereocenters. The van der Waals surface area contributed by atoms with Crippen molar-refractivity contribution in [1.82, 2.24) is 15.1 Å². The van der Waals surface area contributed by atoms with Crippen LogP contribution in [0.15, 0.2) is 36.5 Å². The van der Waals surface area contributed by atoms with Crippen LogP contribution in [0.5, 0.6) is 5.75 Å². The van der Waals surface area contributed by atoms with Crippen LogP contribution in [0.25, 0.3) is 0 Å². The number of hydrogen-bond acceptors (Lipinski definition) is 3. The minimum absolute atomic E-state index is 0.562. The quantitative estimate of drug-likeness (QED) is 0.847. The molecule has 0 aliphatic carbocycles. The van der Waals surface area contributed by atoms with Crippen molar-refractivity contribution in [2.45, 2.75) is 18.8 Å².